The molecule has 2 atom stereocenters. The second-order valence-electron chi connectivity index (χ2n) is 6.44. The van der Waals surface area contributed by atoms with Gasteiger partial charge < -0.3 is 10.6 Å². The summed E-state index contributed by atoms with van der Waals surface area (Å²) in [5.41, 5.74) is 8.44. The van der Waals surface area contributed by atoms with Gasteiger partial charge in [-0.3, -0.25) is 4.79 Å². The first-order valence-corrected chi connectivity index (χ1v) is 9.24. The Morgan fingerprint density at radius 1 is 1.08 bits per heavy atom. The number of nitrogens with zero attached hydrogens (tertiary/aromatic N) is 1. The van der Waals surface area contributed by atoms with Crippen molar-refractivity contribution in [3.05, 3.63) is 70.2 Å². The van der Waals surface area contributed by atoms with Crippen LogP contribution in [0.25, 0.3) is 0 Å². The Hall–Kier alpha value is -1.36. The molecule has 0 spiro atoms. The number of halogens is 2. The molecule has 1 aliphatic rings. The average Bonchev–Trinajstić information content (AvgIpc) is 3.06. The number of carbonyl (C=O) groups is 1. The molecule has 134 valence electrons. The summed E-state index contributed by atoms with van der Waals surface area (Å²) in [6.07, 6.45) is 1.34. The number of nitrogens with two attached hydrogens (primary N) is 1. The van der Waals surface area contributed by atoms with Gasteiger partial charge in [-0.1, -0.05) is 58.4 Å². The fourth-order valence-corrected chi connectivity index (χ4v) is 3.72. The van der Waals surface area contributed by atoms with Gasteiger partial charge in [0.1, 0.15) is 0 Å². The van der Waals surface area contributed by atoms with Crippen LogP contribution < -0.4 is 5.73 Å². The Morgan fingerprint density at radius 3 is 2.40 bits per heavy atom. The van der Waals surface area contributed by atoms with Gasteiger partial charge in [0.05, 0.1) is 0 Å². The molecular weight excluding hydrogens is 400 g/mol. The van der Waals surface area contributed by atoms with Crippen molar-refractivity contribution in [2.75, 3.05) is 19.6 Å². The van der Waals surface area contributed by atoms with E-state index in [1.807, 2.05) is 23.1 Å². The third kappa shape index (κ3) is 5.06. The van der Waals surface area contributed by atoms with Crippen molar-refractivity contribution < 1.29 is 4.79 Å². The molecule has 1 fully saturated rings. The lowest BCUT2D eigenvalue weighted by Crippen LogP contribution is -2.30. The van der Waals surface area contributed by atoms with Gasteiger partial charge in [0.25, 0.3) is 0 Å². The zero-order valence-corrected chi connectivity index (χ0v) is 16.5. The van der Waals surface area contributed by atoms with Crippen LogP contribution in [0.15, 0.2) is 59.1 Å². The maximum atomic E-state index is 12.6. The van der Waals surface area contributed by atoms with Crippen LogP contribution in [0, 0.1) is 5.92 Å². The van der Waals surface area contributed by atoms with Crippen molar-refractivity contribution >= 4 is 34.2 Å². The maximum Gasteiger partial charge on any atom is 0.222 e. The van der Waals surface area contributed by atoms with Crippen LogP contribution in [0.2, 0.25) is 0 Å². The van der Waals surface area contributed by atoms with E-state index in [-0.39, 0.29) is 18.3 Å². The smallest absolute Gasteiger partial charge is 0.222 e. The van der Waals surface area contributed by atoms with Crippen molar-refractivity contribution in [1.29, 1.82) is 0 Å². The number of benzene rings is 2. The lowest BCUT2D eigenvalue weighted by atomic mass is 9.89. The van der Waals surface area contributed by atoms with Gasteiger partial charge in [-0.25, -0.2) is 0 Å². The zero-order valence-electron chi connectivity index (χ0n) is 14.1. The number of aryl methyl sites for hydroxylation is 1. The van der Waals surface area contributed by atoms with Gasteiger partial charge in [0.2, 0.25) is 5.91 Å². The monoisotopic (exact) mass is 422 g/mol. The Labute approximate surface area is 164 Å². The standard InChI is InChI=1S/C20H23BrN2O.ClH/c21-18-9-6-15(7-10-18)8-11-20(24)23-13-17(12-22)19(14-23)16-4-2-1-3-5-16;/h1-7,9-10,17,19H,8,11-14,22H2;1H/t17-,19+;/m1./s1. The maximum absolute atomic E-state index is 12.6. The Morgan fingerprint density at radius 2 is 1.76 bits per heavy atom. The second kappa shape index (κ2) is 9.37. The van der Waals surface area contributed by atoms with Crippen molar-refractivity contribution in [2.45, 2.75) is 18.8 Å². The summed E-state index contributed by atoms with van der Waals surface area (Å²) in [7, 11) is 0. The van der Waals surface area contributed by atoms with E-state index in [9.17, 15) is 4.79 Å². The molecule has 2 N–H and O–H groups in total. The molecule has 25 heavy (non-hydrogen) atoms. The van der Waals surface area contributed by atoms with Crippen LogP contribution >= 0.6 is 28.3 Å². The highest BCUT2D eigenvalue weighted by molar-refractivity contribution is 9.10. The highest BCUT2D eigenvalue weighted by Crippen LogP contribution is 2.32. The summed E-state index contributed by atoms with van der Waals surface area (Å²) < 4.78 is 1.06. The van der Waals surface area contributed by atoms with Crippen LogP contribution in [0.5, 0.6) is 0 Å². The second-order valence-corrected chi connectivity index (χ2v) is 7.35. The van der Waals surface area contributed by atoms with E-state index in [4.69, 9.17) is 5.73 Å². The molecule has 0 bridgehead atoms. The minimum Gasteiger partial charge on any atom is -0.342 e. The molecule has 1 saturated heterocycles. The average molecular weight is 424 g/mol. The highest BCUT2D eigenvalue weighted by atomic mass is 79.9. The summed E-state index contributed by atoms with van der Waals surface area (Å²) in [5, 5.41) is 0. The molecule has 3 nitrogen and oxygen atoms in total. The van der Waals surface area contributed by atoms with E-state index in [1.165, 1.54) is 11.1 Å². The van der Waals surface area contributed by atoms with E-state index in [1.54, 1.807) is 0 Å². The quantitative estimate of drug-likeness (QED) is 0.790. The first-order valence-electron chi connectivity index (χ1n) is 8.44. The number of hydrogen-bond donors (Lipinski definition) is 1. The van der Waals surface area contributed by atoms with Crippen molar-refractivity contribution in [3.8, 4) is 0 Å². The molecule has 0 aliphatic carbocycles. The fraction of sp³-hybridized carbons (Fsp3) is 0.350. The summed E-state index contributed by atoms with van der Waals surface area (Å²) in [6.45, 7) is 2.18. The number of amides is 1. The Kier molecular flexibility index (Phi) is 7.48. The molecule has 0 aromatic heterocycles. The topological polar surface area (TPSA) is 46.3 Å². The van der Waals surface area contributed by atoms with E-state index in [2.05, 4.69) is 52.3 Å². The van der Waals surface area contributed by atoms with Gasteiger partial charge in [-0.2, -0.15) is 0 Å². The molecule has 5 heteroatoms. The van der Waals surface area contributed by atoms with Gasteiger partial charge in [-0.05, 0) is 42.1 Å². The molecule has 2 aromatic carbocycles. The number of hydrogen-bond acceptors (Lipinski definition) is 2. The molecule has 3 rings (SSSR count). The first-order chi connectivity index (χ1) is 11.7. The van der Waals surface area contributed by atoms with Gasteiger partial charge in [0, 0.05) is 29.9 Å². The van der Waals surface area contributed by atoms with Crippen LogP contribution in [0.1, 0.15) is 23.5 Å². The highest BCUT2D eigenvalue weighted by Gasteiger charge is 2.34. The van der Waals surface area contributed by atoms with Crippen molar-refractivity contribution in [2.24, 2.45) is 11.7 Å². The van der Waals surface area contributed by atoms with Crippen LogP contribution in [-0.2, 0) is 11.2 Å². The van der Waals surface area contributed by atoms with Crippen molar-refractivity contribution in [1.82, 2.24) is 4.90 Å². The summed E-state index contributed by atoms with van der Waals surface area (Å²) >= 11 is 3.44. The molecule has 0 radical (unpaired) electrons. The predicted octanol–water partition coefficient (Wildman–Crippen LogP) is 4.00. The minimum atomic E-state index is 0. The van der Waals surface area contributed by atoms with Gasteiger partial charge in [0.15, 0.2) is 0 Å². The van der Waals surface area contributed by atoms with Crippen molar-refractivity contribution in [3.63, 3.8) is 0 Å². The summed E-state index contributed by atoms with van der Waals surface area (Å²) in [5.74, 6) is 0.937. The molecular formula is C20H24BrClN2O. The normalized spacial score (nSPS) is 19.5. The zero-order chi connectivity index (χ0) is 16.9. The molecule has 0 unspecified atom stereocenters. The lowest BCUT2D eigenvalue weighted by molar-refractivity contribution is -0.130. The van der Waals surface area contributed by atoms with E-state index in [0.29, 0.717) is 24.8 Å². The molecule has 1 heterocycles. The first kappa shape index (κ1) is 20.0. The van der Waals surface area contributed by atoms with Crippen LogP contribution in [0.3, 0.4) is 0 Å². The largest absolute Gasteiger partial charge is 0.342 e. The fourth-order valence-electron chi connectivity index (χ4n) is 3.45. The van der Waals surface area contributed by atoms with E-state index in [0.717, 1.165) is 24.0 Å². The Bertz CT molecular complexity index is 678. The van der Waals surface area contributed by atoms with E-state index >= 15 is 0 Å². The molecule has 0 saturated carbocycles. The van der Waals surface area contributed by atoms with Gasteiger partial charge in [-0.15, -0.1) is 12.4 Å². The predicted molar refractivity (Wildman–Crippen MR) is 108 cm³/mol. The number of carbonyl (C=O) groups excluding carboxylic acids is 1. The van der Waals surface area contributed by atoms with Gasteiger partial charge >= 0.3 is 0 Å². The summed E-state index contributed by atoms with van der Waals surface area (Å²) in [4.78, 5) is 14.6. The third-order valence-electron chi connectivity index (χ3n) is 4.86. The third-order valence-corrected chi connectivity index (χ3v) is 5.39. The SMILES string of the molecule is Cl.NC[C@@H]1CN(C(=O)CCc2ccc(Br)cc2)C[C@H]1c1ccccc1. The molecule has 1 amide bonds. The van der Waals surface area contributed by atoms with Crippen LogP contribution in [0.4, 0.5) is 0 Å². The molecule has 1 aliphatic heterocycles. The van der Waals surface area contributed by atoms with E-state index < -0.39 is 0 Å². The number of rotatable bonds is 5. The molecule has 2 aromatic rings. The number of likely N-dealkylation sites (tertiary alicyclic amines) is 1. The van der Waals surface area contributed by atoms with Crippen LogP contribution in [-0.4, -0.2) is 30.4 Å². The summed E-state index contributed by atoms with van der Waals surface area (Å²) in [6, 6.07) is 18.6. The Balaban J connectivity index is 0.00000225. The lowest BCUT2D eigenvalue weighted by Gasteiger charge is -2.17. The minimum absolute atomic E-state index is 0.